The highest BCUT2D eigenvalue weighted by molar-refractivity contribution is 7.12. The molecule has 1 amide bonds. The number of aromatic nitrogens is 4. The first-order valence-electron chi connectivity index (χ1n) is 4.77. The Morgan fingerprint density at radius 1 is 1.53 bits per heavy atom. The monoisotopic (exact) mass is 293 g/mol. The summed E-state index contributed by atoms with van der Waals surface area (Å²) in [6.45, 7) is -1.57. The molecule has 0 aliphatic rings. The first-order valence-corrected chi connectivity index (χ1v) is 5.65. The van der Waals surface area contributed by atoms with Gasteiger partial charge in [-0.25, -0.2) is 5.48 Å². The molecule has 1 N–H and O–H groups in total. The van der Waals surface area contributed by atoms with Crippen molar-refractivity contribution in [1.29, 1.82) is 0 Å². The second-order valence-corrected chi connectivity index (χ2v) is 4.14. The molecule has 102 valence electrons. The molecule has 0 bridgehead atoms. The van der Waals surface area contributed by atoms with E-state index in [1.807, 2.05) is 0 Å². The van der Waals surface area contributed by atoms with Crippen molar-refractivity contribution in [3.63, 3.8) is 0 Å². The van der Waals surface area contributed by atoms with E-state index in [-0.39, 0.29) is 4.88 Å². The van der Waals surface area contributed by atoms with Crippen LogP contribution in [0.5, 0.6) is 0 Å². The maximum absolute atomic E-state index is 11.8. The molecule has 0 unspecified atom stereocenters. The number of rotatable bonds is 4. The fourth-order valence-electron chi connectivity index (χ4n) is 1.15. The van der Waals surface area contributed by atoms with Gasteiger partial charge in [-0.2, -0.15) is 17.9 Å². The van der Waals surface area contributed by atoms with Crippen molar-refractivity contribution in [3.8, 4) is 5.69 Å². The Balaban J connectivity index is 2.03. The number of nitrogens with one attached hydrogen (secondary N) is 1. The molecule has 0 saturated heterocycles. The Kier molecular flexibility index (Phi) is 3.76. The first kappa shape index (κ1) is 13.4. The van der Waals surface area contributed by atoms with Gasteiger partial charge in [0.15, 0.2) is 6.61 Å². The van der Waals surface area contributed by atoms with Crippen molar-refractivity contribution in [1.82, 2.24) is 25.7 Å². The summed E-state index contributed by atoms with van der Waals surface area (Å²) in [6.07, 6.45) is -3.25. The van der Waals surface area contributed by atoms with E-state index < -0.39 is 18.7 Å². The predicted molar refractivity (Wildman–Crippen MR) is 56.5 cm³/mol. The van der Waals surface area contributed by atoms with Gasteiger partial charge < -0.3 is 0 Å². The van der Waals surface area contributed by atoms with Gasteiger partial charge >= 0.3 is 6.18 Å². The molecule has 2 aromatic rings. The van der Waals surface area contributed by atoms with Crippen LogP contribution in [0.4, 0.5) is 13.2 Å². The highest BCUT2D eigenvalue weighted by Crippen LogP contribution is 2.20. The Hall–Kier alpha value is -2.01. The van der Waals surface area contributed by atoms with E-state index in [0.29, 0.717) is 5.69 Å². The van der Waals surface area contributed by atoms with E-state index in [0.717, 1.165) is 11.3 Å². The molecule has 0 radical (unpaired) electrons. The summed E-state index contributed by atoms with van der Waals surface area (Å²) in [5.74, 6) is -0.801. The van der Waals surface area contributed by atoms with Crippen molar-refractivity contribution < 1.29 is 22.8 Å². The number of alkyl halides is 3. The lowest BCUT2D eigenvalue weighted by Gasteiger charge is -2.08. The second-order valence-electron chi connectivity index (χ2n) is 3.22. The van der Waals surface area contributed by atoms with Crippen LogP contribution in [0.2, 0.25) is 0 Å². The molecular formula is C8H6F3N5O2S. The van der Waals surface area contributed by atoms with E-state index in [1.165, 1.54) is 11.0 Å². The number of carbonyl (C=O) groups excluding carboxylic acids is 1. The van der Waals surface area contributed by atoms with Crippen molar-refractivity contribution >= 4 is 17.2 Å². The van der Waals surface area contributed by atoms with Gasteiger partial charge in [0.05, 0.1) is 5.69 Å². The highest BCUT2D eigenvalue weighted by Gasteiger charge is 2.28. The fourth-order valence-corrected chi connectivity index (χ4v) is 1.92. The van der Waals surface area contributed by atoms with Crippen LogP contribution in [0, 0.1) is 0 Å². The van der Waals surface area contributed by atoms with Crippen LogP contribution in [0.1, 0.15) is 9.67 Å². The Labute approximate surface area is 107 Å². The van der Waals surface area contributed by atoms with Gasteiger partial charge in [-0.05, 0) is 21.9 Å². The molecule has 2 aromatic heterocycles. The van der Waals surface area contributed by atoms with Crippen LogP contribution < -0.4 is 5.48 Å². The van der Waals surface area contributed by atoms with E-state index >= 15 is 0 Å². The molecule has 0 fully saturated rings. The lowest BCUT2D eigenvalue weighted by molar-refractivity contribution is -0.184. The summed E-state index contributed by atoms with van der Waals surface area (Å²) >= 11 is 1.02. The lowest BCUT2D eigenvalue weighted by Crippen LogP contribution is -2.29. The van der Waals surface area contributed by atoms with E-state index in [2.05, 4.69) is 20.4 Å². The molecule has 11 heteroatoms. The molecule has 0 aliphatic carbocycles. The van der Waals surface area contributed by atoms with Gasteiger partial charge in [0, 0.05) is 0 Å². The molecular weight excluding hydrogens is 287 g/mol. The topological polar surface area (TPSA) is 81.9 Å². The standard InChI is InChI=1S/C8H6F3N5O2S/c9-8(10,11)3-18-13-7(17)6-5(1-2-19-6)16-4-12-14-15-16/h1-2,4H,3H2,(H,13,17). The molecule has 2 heterocycles. The maximum Gasteiger partial charge on any atom is 0.414 e. The summed E-state index contributed by atoms with van der Waals surface area (Å²) in [7, 11) is 0. The smallest absolute Gasteiger partial charge is 0.266 e. The zero-order chi connectivity index (χ0) is 13.9. The first-order chi connectivity index (χ1) is 8.97. The SMILES string of the molecule is O=C(NOCC(F)(F)F)c1sccc1-n1cnnn1. The van der Waals surface area contributed by atoms with Crippen molar-refractivity contribution in [2.75, 3.05) is 6.61 Å². The summed E-state index contributed by atoms with van der Waals surface area (Å²) in [4.78, 5) is 15.8. The fraction of sp³-hybridized carbons (Fsp3) is 0.250. The molecule has 2 rings (SSSR count). The summed E-state index contributed by atoms with van der Waals surface area (Å²) in [5, 5.41) is 12.0. The number of amides is 1. The number of hydrogen-bond acceptors (Lipinski definition) is 6. The minimum Gasteiger partial charge on any atom is -0.266 e. The van der Waals surface area contributed by atoms with Crippen molar-refractivity contribution in [2.45, 2.75) is 6.18 Å². The minimum absolute atomic E-state index is 0.134. The Morgan fingerprint density at radius 3 is 2.95 bits per heavy atom. The average molecular weight is 293 g/mol. The van der Waals surface area contributed by atoms with Gasteiger partial charge in [0.25, 0.3) is 5.91 Å². The maximum atomic E-state index is 11.8. The van der Waals surface area contributed by atoms with Crippen LogP contribution in [-0.4, -0.2) is 38.9 Å². The number of tetrazole rings is 1. The van der Waals surface area contributed by atoms with Gasteiger partial charge in [0.1, 0.15) is 11.2 Å². The van der Waals surface area contributed by atoms with Gasteiger partial charge in [0.2, 0.25) is 0 Å². The molecule has 0 atom stereocenters. The zero-order valence-electron chi connectivity index (χ0n) is 9.09. The second kappa shape index (κ2) is 5.32. The Morgan fingerprint density at radius 2 is 2.32 bits per heavy atom. The molecule has 0 aromatic carbocycles. The van der Waals surface area contributed by atoms with E-state index in [4.69, 9.17) is 0 Å². The van der Waals surface area contributed by atoms with E-state index in [1.54, 1.807) is 16.9 Å². The molecule has 0 saturated carbocycles. The van der Waals surface area contributed by atoms with Crippen molar-refractivity contribution in [2.24, 2.45) is 0 Å². The third-order valence-electron chi connectivity index (χ3n) is 1.85. The zero-order valence-corrected chi connectivity index (χ0v) is 9.90. The Bertz CT molecular complexity index is 553. The minimum atomic E-state index is -4.51. The van der Waals surface area contributed by atoms with Gasteiger partial charge in [-0.15, -0.1) is 16.4 Å². The van der Waals surface area contributed by atoms with Crippen LogP contribution in [0.25, 0.3) is 5.69 Å². The number of carbonyl (C=O) groups is 1. The predicted octanol–water partition coefficient (Wildman–Crippen LogP) is 0.947. The largest absolute Gasteiger partial charge is 0.414 e. The van der Waals surface area contributed by atoms with Crippen LogP contribution >= 0.6 is 11.3 Å². The third kappa shape index (κ3) is 3.48. The lowest BCUT2D eigenvalue weighted by atomic mass is 10.4. The van der Waals surface area contributed by atoms with Gasteiger partial charge in [-0.1, -0.05) is 0 Å². The summed E-state index contributed by atoms with van der Waals surface area (Å²) in [5.41, 5.74) is 2.06. The van der Waals surface area contributed by atoms with Crippen LogP contribution in [-0.2, 0) is 4.84 Å². The highest BCUT2D eigenvalue weighted by atomic mass is 32.1. The number of halogens is 3. The normalized spacial score (nSPS) is 11.5. The van der Waals surface area contributed by atoms with Crippen LogP contribution in [0.15, 0.2) is 17.8 Å². The van der Waals surface area contributed by atoms with Crippen LogP contribution in [0.3, 0.4) is 0 Å². The number of thiophene rings is 1. The molecule has 0 aliphatic heterocycles. The third-order valence-corrected chi connectivity index (χ3v) is 2.75. The van der Waals surface area contributed by atoms with Gasteiger partial charge in [-0.3, -0.25) is 9.63 Å². The molecule has 19 heavy (non-hydrogen) atoms. The summed E-state index contributed by atoms with van der Waals surface area (Å²) < 4.78 is 36.8. The molecule has 0 spiro atoms. The van der Waals surface area contributed by atoms with Crippen molar-refractivity contribution in [3.05, 3.63) is 22.7 Å². The quantitative estimate of drug-likeness (QED) is 0.849. The summed E-state index contributed by atoms with van der Waals surface area (Å²) in [6, 6.07) is 1.56. The average Bonchev–Trinajstić information content (AvgIpc) is 2.97. The number of hydroxylamine groups is 1. The number of hydrogen-bond donors (Lipinski definition) is 1. The van der Waals surface area contributed by atoms with E-state index in [9.17, 15) is 18.0 Å². The number of nitrogens with zero attached hydrogens (tertiary/aromatic N) is 4. The molecule has 7 nitrogen and oxygen atoms in total.